The zero-order valence-corrected chi connectivity index (χ0v) is 9.99. The topological polar surface area (TPSA) is 67.6 Å². The molecule has 1 aromatic rings. The van der Waals surface area contributed by atoms with Gasteiger partial charge in [-0.15, -0.1) is 0 Å². The number of halogens is 1. The third kappa shape index (κ3) is 2.89. The van der Waals surface area contributed by atoms with Crippen molar-refractivity contribution >= 4 is 6.03 Å². The molecule has 1 aromatic carbocycles. The minimum Gasteiger partial charge on any atom is -0.492 e. The van der Waals surface area contributed by atoms with Crippen LogP contribution in [0.25, 0.3) is 0 Å². The van der Waals surface area contributed by atoms with Crippen molar-refractivity contribution in [2.75, 3.05) is 26.2 Å². The number of hydrogen-bond acceptors (Lipinski definition) is 3. The molecule has 0 spiro atoms. The minimum atomic E-state index is -0.367. The van der Waals surface area contributed by atoms with Gasteiger partial charge in [0.1, 0.15) is 18.2 Å². The second kappa shape index (κ2) is 5.68. The molecule has 18 heavy (non-hydrogen) atoms. The van der Waals surface area contributed by atoms with E-state index in [-0.39, 0.29) is 18.4 Å². The number of urea groups is 1. The van der Waals surface area contributed by atoms with Crippen molar-refractivity contribution in [3.63, 3.8) is 0 Å². The second-order valence-corrected chi connectivity index (χ2v) is 4.02. The zero-order chi connectivity index (χ0) is 13.0. The van der Waals surface area contributed by atoms with Gasteiger partial charge in [0.25, 0.3) is 0 Å². The summed E-state index contributed by atoms with van der Waals surface area (Å²) in [6.45, 7) is 2.35. The van der Waals surface area contributed by atoms with Crippen molar-refractivity contribution in [2.24, 2.45) is 5.73 Å². The lowest BCUT2D eigenvalue weighted by Crippen LogP contribution is -2.31. The maximum absolute atomic E-state index is 13.4. The average Bonchev–Trinajstić information content (AvgIpc) is 2.75. The normalized spacial score (nSPS) is 14.8. The van der Waals surface area contributed by atoms with Gasteiger partial charge in [0.15, 0.2) is 0 Å². The molecule has 0 radical (unpaired) electrons. The Balaban J connectivity index is 1.83. The van der Waals surface area contributed by atoms with Gasteiger partial charge in [-0.25, -0.2) is 9.18 Å². The Hall–Kier alpha value is -1.82. The van der Waals surface area contributed by atoms with Crippen LogP contribution in [0.2, 0.25) is 0 Å². The molecule has 0 aromatic heterocycles. The Morgan fingerprint density at radius 2 is 2.33 bits per heavy atom. The Labute approximate surface area is 105 Å². The average molecular weight is 253 g/mol. The van der Waals surface area contributed by atoms with Crippen molar-refractivity contribution in [3.05, 3.63) is 29.6 Å². The largest absolute Gasteiger partial charge is 0.492 e. The molecular weight excluding hydrogens is 237 g/mol. The van der Waals surface area contributed by atoms with Crippen LogP contribution >= 0.6 is 0 Å². The van der Waals surface area contributed by atoms with E-state index in [1.807, 2.05) is 0 Å². The van der Waals surface area contributed by atoms with E-state index in [4.69, 9.17) is 10.5 Å². The lowest BCUT2D eigenvalue weighted by atomic mass is 10.2. The first kappa shape index (κ1) is 12.6. The number of benzene rings is 1. The van der Waals surface area contributed by atoms with Crippen molar-refractivity contribution in [1.29, 1.82) is 0 Å². The van der Waals surface area contributed by atoms with E-state index in [0.29, 0.717) is 37.6 Å². The molecule has 3 N–H and O–H groups in total. The van der Waals surface area contributed by atoms with E-state index in [0.717, 1.165) is 0 Å². The molecule has 0 bridgehead atoms. The maximum atomic E-state index is 13.4. The van der Waals surface area contributed by atoms with Crippen LogP contribution in [0.4, 0.5) is 9.18 Å². The van der Waals surface area contributed by atoms with E-state index >= 15 is 0 Å². The standard InChI is InChI=1S/C12H16FN3O2/c13-11-7-10(2-1-9(11)8-14)18-6-5-16-4-3-15-12(16)17/h1-2,7H,3-6,8,14H2,(H,15,17). The highest BCUT2D eigenvalue weighted by Gasteiger charge is 2.18. The van der Waals surface area contributed by atoms with Gasteiger partial charge < -0.3 is 20.7 Å². The number of hydrogen-bond donors (Lipinski definition) is 2. The summed E-state index contributed by atoms with van der Waals surface area (Å²) in [5.74, 6) is 0.0817. The van der Waals surface area contributed by atoms with Gasteiger partial charge in [0.2, 0.25) is 0 Å². The number of ether oxygens (including phenoxy) is 1. The summed E-state index contributed by atoms with van der Waals surface area (Å²) in [5.41, 5.74) is 5.83. The van der Waals surface area contributed by atoms with Crippen LogP contribution in [-0.2, 0) is 6.54 Å². The van der Waals surface area contributed by atoms with Gasteiger partial charge in [-0.3, -0.25) is 0 Å². The first-order chi connectivity index (χ1) is 8.70. The van der Waals surface area contributed by atoms with Crippen LogP contribution in [0.15, 0.2) is 18.2 Å². The van der Waals surface area contributed by atoms with Crippen LogP contribution in [0.3, 0.4) is 0 Å². The number of rotatable bonds is 5. The van der Waals surface area contributed by atoms with Crippen molar-refractivity contribution < 1.29 is 13.9 Å². The first-order valence-corrected chi connectivity index (χ1v) is 5.85. The fourth-order valence-electron chi connectivity index (χ4n) is 1.78. The van der Waals surface area contributed by atoms with Crippen LogP contribution in [0, 0.1) is 5.82 Å². The van der Waals surface area contributed by atoms with Gasteiger partial charge in [-0.1, -0.05) is 6.07 Å². The maximum Gasteiger partial charge on any atom is 0.317 e. The van der Waals surface area contributed by atoms with Crippen molar-refractivity contribution in [1.82, 2.24) is 10.2 Å². The van der Waals surface area contributed by atoms with Gasteiger partial charge >= 0.3 is 6.03 Å². The Kier molecular flexibility index (Phi) is 3.99. The fourth-order valence-corrected chi connectivity index (χ4v) is 1.78. The Bertz CT molecular complexity index is 439. The highest BCUT2D eigenvalue weighted by Crippen LogP contribution is 2.16. The first-order valence-electron chi connectivity index (χ1n) is 5.85. The predicted molar refractivity (Wildman–Crippen MR) is 64.8 cm³/mol. The summed E-state index contributed by atoms with van der Waals surface area (Å²) in [4.78, 5) is 12.9. The molecule has 5 nitrogen and oxygen atoms in total. The number of nitrogens with two attached hydrogens (primary N) is 1. The molecule has 0 unspecified atom stereocenters. The van der Waals surface area contributed by atoms with Gasteiger partial charge in [0, 0.05) is 31.3 Å². The van der Waals surface area contributed by atoms with Crippen molar-refractivity contribution in [3.8, 4) is 5.75 Å². The molecule has 98 valence electrons. The zero-order valence-electron chi connectivity index (χ0n) is 9.99. The molecule has 1 saturated heterocycles. The SMILES string of the molecule is NCc1ccc(OCCN2CCNC2=O)cc1F. The molecule has 2 amide bonds. The van der Waals surface area contributed by atoms with Crippen LogP contribution in [0.5, 0.6) is 5.75 Å². The van der Waals surface area contributed by atoms with E-state index < -0.39 is 0 Å². The predicted octanol–water partition coefficient (Wildman–Crippen LogP) is 0.688. The highest BCUT2D eigenvalue weighted by atomic mass is 19.1. The minimum absolute atomic E-state index is 0.0803. The molecule has 1 aliphatic heterocycles. The summed E-state index contributed by atoms with van der Waals surface area (Å²) in [7, 11) is 0. The molecule has 1 aliphatic rings. The van der Waals surface area contributed by atoms with Crippen LogP contribution in [0.1, 0.15) is 5.56 Å². The third-order valence-corrected chi connectivity index (χ3v) is 2.82. The molecular formula is C12H16FN3O2. The van der Waals surface area contributed by atoms with Gasteiger partial charge in [-0.2, -0.15) is 0 Å². The van der Waals surface area contributed by atoms with Crippen LogP contribution in [-0.4, -0.2) is 37.2 Å². The number of nitrogens with one attached hydrogen (secondary N) is 1. The number of carbonyl (C=O) groups excluding carboxylic acids is 1. The molecule has 1 fully saturated rings. The van der Waals surface area contributed by atoms with Gasteiger partial charge in [-0.05, 0) is 6.07 Å². The van der Waals surface area contributed by atoms with Gasteiger partial charge in [0.05, 0.1) is 6.54 Å². The smallest absolute Gasteiger partial charge is 0.317 e. The van der Waals surface area contributed by atoms with E-state index in [9.17, 15) is 9.18 Å². The van der Waals surface area contributed by atoms with E-state index in [2.05, 4.69) is 5.32 Å². The lowest BCUT2D eigenvalue weighted by Gasteiger charge is -2.14. The lowest BCUT2D eigenvalue weighted by molar-refractivity contribution is 0.202. The van der Waals surface area contributed by atoms with Crippen LogP contribution < -0.4 is 15.8 Å². The fraction of sp³-hybridized carbons (Fsp3) is 0.417. The molecule has 1 heterocycles. The number of carbonyl (C=O) groups is 1. The second-order valence-electron chi connectivity index (χ2n) is 4.02. The number of amides is 2. The monoisotopic (exact) mass is 253 g/mol. The molecule has 2 rings (SSSR count). The van der Waals surface area contributed by atoms with Crippen molar-refractivity contribution in [2.45, 2.75) is 6.54 Å². The molecule has 6 heteroatoms. The molecule has 0 atom stereocenters. The summed E-state index contributed by atoms with van der Waals surface area (Å²) < 4.78 is 18.8. The quantitative estimate of drug-likeness (QED) is 0.811. The number of nitrogens with zero attached hydrogens (tertiary/aromatic N) is 1. The highest BCUT2D eigenvalue weighted by molar-refractivity contribution is 5.76. The summed E-state index contributed by atoms with van der Waals surface area (Å²) >= 11 is 0. The molecule has 0 saturated carbocycles. The summed E-state index contributed by atoms with van der Waals surface area (Å²) in [5, 5.41) is 2.70. The summed E-state index contributed by atoms with van der Waals surface area (Å²) in [6.07, 6.45) is 0. The Morgan fingerprint density at radius 3 is 2.94 bits per heavy atom. The summed E-state index contributed by atoms with van der Waals surface area (Å²) in [6, 6.07) is 4.51. The van der Waals surface area contributed by atoms with E-state index in [1.54, 1.807) is 17.0 Å². The third-order valence-electron chi connectivity index (χ3n) is 2.82. The Morgan fingerprint density at radius 1 is 1.50 bits per heavy atom. The molecule has 0 aliphatic carbocycles. The van der Waals surface area contributed by atoms with E-state index in [1.165, 1.54) is 6.07 Å².